The molecule has 0 spiro atoms. The molecule has 1 amide bonds. The van der Waals surface area contributed by atoms with Crippen LogP contribution in [0.5, 0.6) is 0 Å². The summed E-state index contributed by atoms with van der Waals surface area (Å²) in [5, 5.41) is 11.2. The monoisotopic (exact) mass is 287 g/mol. The number of anilines is 1. The lowest BCUT2D eigenvalue weighted by atomic mass is 10.0. The molecule has 1 aromatic carbocycles. The Labute approximate surface area is 120 Å². The highest BCUT2D eigenvalue weighted by Gasteiger charge is 2.37. The molecule has 0 saturated heterocycles. The molecule has 5 heteroatoms. The Morgan fingerprint density at radius 1 is 1.30 bits per heavy atom. The summed E-state index contributed by atoms with van der Waals surface area (Å²) in [5.41, 5.74) is 2.34. The van der Waals surface area contributed by atoms with Gasteiger partial charge in [0.25, 0.3) is 5.91 Å². The molecule has 0 fully saturated rings. The fourth-order valence-electron chi connectivity index (χ4n) is 2.53. The molecule has 0 unspecified atom stereocenters. The van der Waals surface area contributed by atoms with E-state index in [4.69, 9.17) is 0 Å². The zero-order valence-corrected chi connectivity index (χ0v) is 11.7. The molecule has 1 atom stereocenters. The third-order valence-electron chi connectivity index (χ3n) is 3.57. The minimum absolute atomic E-state index is 0.117. The second-order valence-electron chi connectivity index (χ2n) is 4.80. The standard InChI is InChI=1S/C15H13NO3S/c1-9-6-7-20-13(9)14(17)16-8-11(15(18)19)10-4-2-3-5-12(10)16/h2-7,11H,8H2,1H3,(H,18,19)/t11-/m0/s1. The van der Waals surface area contributed by atoms with Crippen molar-refractivity contribution >= 4 is 28.9 Å². The van der Waals surface area contributed by atoms with Crippen LogP contribution >= 0.6 is 11.3 Å². The smallest absolute Gasteiger partial charge is 0.312 e. The maximum Gasteiger partial charge on any atom is 0.312 e. The third kappa shape index (κ3) is 1.91. The SMILES string of the molecule is Cc1ccsc1C(=O)N1C[C@H](C(=O)O)c2ccccc21. The third-order valence-corrected chi connectivity index (χ3v) is 4.57. The van der Waals surface area contributed by atoms with Crippen LogP contribution in [0.25, 0.3) is 0 Å². The molecule has 3 rings (SSSR count). The number of rotatable bonds is 2. The number of thiophene rings is 1. The maximum absolute atomic E-state index is 12.6. The molecule has 102 valence electrons. The van der Waals surface area contributed by atoms with Crippen molar-refractivity contribution < 1.29 is 14.7 Å². The highest BCUT2D eigenvalue weighted by molar-refractivity contribution is 7.12. The van der Waals surface area contributed by atoms with Gasteiger partial charge in [0.1, 0.15) is 5.92 Å². The fraction of sp³-hybridized carbons (Fsp3) is 0.200. The second kappa shape index (κ2) is 4.76. The van der Waals surface area contributed by atoms with Crippen molar-refractivity contribution in [3.8, 4) is 0 Å². The average molecular weight is 287 g/mol. The van der Waals surface area contributed by atoms with Gasteiger partial charge in [0, 0.05) is 12.2 Å². The van der Waals surface area contributed by atoms with Crippen molar-refractivity contribution in [1.82, 2.24) is 0 Å². The second-order valence-corrected chi connectivity index (χ2v) is 5.71. The van der Waals surface area contributed by atoms with Crippen molar-refractivity contribution in [1.29, 1.82) is 0 Å². The predicted octanol–water partition coefficient (Wildman–Crippen LogP) is 2.89. The first-order valence-corrected chi connectivity index (χ1v) is 7.15. The number of carboxylic acids is 1. The zero-order valence-electron chi connectivity index (χ0n) is 10.9. The van der Waals surface area contributed by atoms with Crippen molar-refractivity contribution in [2.45, 2.75) is 12.8 Å². The molecule has 1 aliphatic heterocycles. The molecule has 1 aromatic heterocycles. The van der Waals surface area contributed by atoms with E-state index in [1.165, 1.54) is 11.3 Å². The lowest BCUT2D eigenvalue weighted by Gasteiger charge is -2.17. The minimum atomic E-state index is -0.893. The van der Waals surface area contributed by atoms with Gasteiger partial charge in [-0.15, -0.1) is 11.3 Å². The van der Waals surface area contributed by atoms with E-state index in [2.05, 4.69) is 0 Å². The van der Waals surface area contributed by atoms with Crippen molar-refractivity contribution in [3.05, 3.63) is 51.7 Å². The first kappa shape index (κ1) is 12.9. The largest absolute Gasteiger partial charge is 0.481 e. The number of aliphatic carboxylic acids is 1. The number of amides is 1. The van der Waals surface area contributed by atoms with Gasteiger partial charge in [0.15, 0.2) is 0 Å². The van der Waals surface area contributed by atoms with Gasteiger partial charge in [-0.1, -0.05) is 18.2 Å². The molecule has 2 heterocycles. The van der Waals surface area contributed by atoms with E-state index >= 15 is 0 Å². The van der Waals surface area contributed by atoms with Crippen LogP contribution in [-0.4, -0.2) is 23.5 Å². The van der Waals surface area contributed by atoms with Gasteiger partial charge in [-0.3, -0.25) is 9.59 Å². The minimum Gasteiger partial charge on any atom is -0.481 e. The van der Waals surface area contributed by atoms with E-state index in [9.17, 15) is 14.7 Å². The van der Waals surface area contributed by atoms with Crippen LogP contribution in [-0.2, 0) is 4.79 Å². The van der Waals surface area contributed by atoms with E-state index < -0.39 is 11.9 Å². The number of aryl methyl sites for hydroxylation is 1. The lowest BCUT2D eigenvalue weighted by molar-refractivity contribution is -0.138. The van der Waals surface area contributed by atoms with Gasteiger partial charge in [0.05, 0.1) is 4.88 Å². The normalized spacial score (nSPS) is 17.1. The molecule has 20 heavy (non-hydrogen) atoms. The van der Waals surface area contributed by atoms with Crippen LogP contribution < -0.4 is 4.90 Å². The van der Waals surface area contributed by atoms with Gasteiger partial charge in [0.2, 0.25) is 0 Å². The molecule has 1 N–H and O–H groups in total. The Morgan fingerprint density at radius 2 is 2.05 bits per heavy atom. The summed E-state index contributed by atoms with van der Waals surface area (Å²) in [5.74, 6) is -1.65. The van der Waals surface area contributed by atoms with Gasteiger partial charge >= 0.3 is 5.97 Å². The molecule has 4 nitrogen and oxygen atoms in total. The number of carboxylic acid groups (broad SMARTS) is 1. The summed E-state index contributed by atoms with van der Waals surface area (Å²) in [4.78, 5) is 26.2. The zero-order chi connectivity index (χ0) is 14.3. The Balaban J connectivity index is 2.03. The lowest BCUT2D eigenvalue weighted by Crippen LogP contribution is -2.31. The van der Waals surface area contributed by atoms with E-state index in [0.29, 0.717) is 16.1 Å². The fourth-order valence-corrected chi connectivity index (χ4v) is 3.40. The van der Waals surface area contributed by atoms with Gasteiger partial charge in [-0.2, -0.15) is 0 Å². The van der Waals surface area contributed by atoms with Gasteiger partial charge in [-0.05, 0) is 35.6 Å². The number of hydrogen-bond donors (Lipinski definition) is 1. The number of benzene rings is 1. The van der Waals surface area contributed by atoms with Crippen LogP contribution in [0, 0.1) is 6.92 Å². The van der Waals surface area contributed by atoms with E-state index in [1.807, 2.05) is 24.4 Å². The number of carbonyl (C=O) groups excluding carboxylic acids is 1. The van der Waals surface area contributed by atoms with E-state index in [1.54, 1.807) is 23.1 Å². The highest BCUT2D eigenvalue weighted by atomic mass is 32.1. The first-order chi connectivity index (χ1) is 9.59. The van der Waals surface area contributed by atoms with Gasteiger partial charge in [-0.25, -0.2) is 0 Å². The summed E-state index contributed by atoms with van der Waals surface area (Å²) >= 11 is 1.39. The molecule has 0 radical (unpaired) electrons. The van der Waals surface area contributed by atoms with Gasteiger partial charge < -0.3 is 10.0 Å². The molecule has 0 aliphatic carbocycles. The Hall–Kier alpha value is -2.14. The number of para-hydroxylation sites is 1. The summed E-state index contributed by atoms with van der Waals surface area (Å²) in [6.07, 6.45) is 0. The van der Waals surface area contributed by atoms with Crippen LogP contribution in [0.4, 0.5) is 5.69 Å². The topological polar surface area (TPSA) is 57.6 Å². The Kier molecular flexibility index (Phi) is 3.06. The summed E-state index contributed by atoms with van der Waals surface area (Å²) in [7, 11) is 0. The van der Waals surface area contributed by atoms with Crippen molar-refractivity contribution in [2.24, 2.45) is 0 Å². The number of carbonyl (C=O) groups is 2. The predicted molar refractivity (Wildman–Crippen MR) is 77.6 cm³/mol. The van der Waals surface area contributed by atoms with Crippen LogP contribution in [0.1, 0.15) is 26.7 Å². The Morgan fingerprint density at radius 3 is 2.70 bits per heavy atom. The molecular formula is C15H13NO3S. The van der Waals surface area contributed by atoms with Crippen molar-refractivity contribution in [2.75, 3.05) is 11.4 Å². The summed E-state index contributed by atoms with van der Waals surface area (Å²) in [6, 6.07) is 9.11. The first-order valence-electron chi connectivity index (χ1n) is 6.27. The molecule has 0 bridgehead atoms. The van der Waals surface area contributed by atoms with Crippen LogP contribution in [0.2, 0.25) is 0 Å². The summed E-state index contributed by atoms with van der Waals surface area (Å²) < 4.78 is 0. The molecule has 2 aromatic rings. The number of nitrogens with zero attached hydrogens (tertiary/aromatic N) is 1. The number of hydrogen-bond acceptors (Lipinski definition) is 3. The Bertz CT molecular complexity index is 692. The highest BCUT2D eigenvalue weighted by Crippen LogP contribution is 2.37. The van der Waals surface area contributed by atoms with E-state index in [0.717, 1.165) is 5.56 Å². The quantitative estimate of drug-likeness (QED) is 0.924. The van der Waals surface area contributed by atoms with E-state index in [-0.39, 0.29) is 12.5 Å². The van der Waals surface area contributed by atoms with Crippen LogP contribution in [0.15, 0.2) is 35.7 Å². The van der Waals surface area contributed by atoms with Crippen molar-refractivity contribution in [3.63, 3.8) is 0 Å². The average Bonchev–Trinajstić information content (AvgIpc) is 3.01. The molecular weight excluding hydrogens is 274 g/mol. The van der Waals surface area contributed by atoms with Crippen LogP contribution in [0.3, 0.4) is 0 Å². The summed E-state index contributed by atoms with van der Waals surface area (Å²) in [6.45, 7) is 2.09. The number of fused-ring (bicyclic) bond motifs is 1. The molecule has 1 aliphatic rings. The maximum atomic E-state index is 12.6. The molecule has 0 saturated carbocycles.